The molecule has 0 fully saturated rings. The van der Waals surface area contributed by atoms with Crippen LogP contribution in [0.5, 0.6) is 11.5 Å². The molecule has 0 saturated heterocycles. The Kier molecular flexibility index (Phi) is 9.51. The number of benzene rings is 13. The Morgan fingerprint density at radius 3 is 1.60 bits per heavy atom. The van der Waals surface area contributed by atoms with Crippen LogP contribution < -0.4 is 30.1 Å². The van der Waals surface area contributed by atoms with Crippen LogP contribution in [0.1, 0.15) is 108 Å². The molecule has 0 saturated carbocycles. The molecule has 16 aromatic rings. The Bertz CT molecular complexity index is 7460. The molecule has 488 valence electrons. The van der Waals surface area contributed by atoms with Gasteiger partial charge in [0.15, 0.2) is 8.07 Å². The minimum atomic E-state index is -6.65. The molecule has 7 heteroatoms. The van der Waals surface area contributed by atoms with Crippen molar-refractivity contribution in [1.82, 2.24) is 14.1 Å². The van der Waals surface area contributed by atoms with E-state index in [1.165, 1.54) is 45.5 Å². The Labute approximate surface area is 652 Å². The Balaban J connectivity index is 0.0000141. The number of ether oxygens (including phenoxy) is 1. The van der Waals surface area contributed by atoms with E-state index in [2.05, 4.69) is 18.5 Å². The predicted molar refractivity (Wildman–Crippen MR) is 413 cm³/mol. The van der Waals surface area contributed by atoms with Crippen molar-refractivity contribution >= 4 is 61.7 Å². The number of hydrogen-bond acceptors (Lipinski definition) is 2. The summed E-state index contributed by atoms with van der Waals surface area (Å²) in [5, 5.41) is -2.58. The number of aromatic nitrogens is 4. The number of imidazole rings is 1. The molecule has 0 aliphatic heterocycles. The Hall–Kier alpha value is -11.0. The van der Waals surface area contributed by atoms with Gasteiger partial charge in [-0.15, -0.1) is 29.7 Å². The number of aryl methyl sites for hydroxylation is 1. The molecular weight excluding hydrogens is 1410 g/mol. The number of rotatable bonds is 14. The smallest absolute Gasteiger partial charge is 0.268 e. The first kappa shape index (κ1) is 35.7. The molecule has 0 aliphatic rings. The van der Waals surface area contributed by atoms with Gasteiger partial charge in [-0.2, -0.15) is 18.2 Å². The molecule has 0 aliphatic carbocycles. The first-order valence-electron chi connectivity index (χ1n) is 49.2. The molecule has 100 heavy (non-hydrogen) atoms. The normalized spacial score (nSPS) is 17.1. The van der Waals surface area contributed by atoms with Gasteiger partial charge in [0.1, 0.15) is 5.82 Å². The van der Waals surface area contributed by atoms with Crippen molar-refractivity contribution in [3.05, 3.63) is 356 Å². The molecule has 3 aromatic heterocycles. The fourth-order valence-corrected chi connectivity index (χ4v) is 16.4. The number of pyridine rings is 1. The van der Waals surface area contributed by atoms with E-state index in [4.69, 9.17) is 28.9 Å². The summed E-state index contributed by atoms with van der Waals surface area (Å²) in [6.07, 6.45) is 4.54. The second-order valence-electron chi connectivity index (χ2n) is 25.2. The van der Waals surface area contributed by atoms with Crippen LogP contribution in [0.15, 0.2) is 321 Å². The number of fused-ring (bicyclic) bond motifs is 4. The van der Waals surface area contributed by atoms with Gasteiger partial charge in [-0.3, -0.25) is 4.57 Å². The van der Waals surface area contributed by atoms with E-state index in [0.29, 0.717) is 27.4 Å². The van der Waals surface area contributed by atoms with Crippen molar-refractivity contribution in [3.63, 3.8) is 0 Å². The van der Waals surface area contributed by atoms with Gasteiger partial charge < -0.3 is 13.9 Å². The Morgan fingerprint density at radius 1 is 0.460 bits per heavy atom. The summed E-state index contributed by atoms with van der Waals surface area (Å²) in [4.78, 5) is 4.71. The maximum atomic E-state index is 11.0. The second kappa shape index (κ2) is 26.7. The van der Waals surface area contributed by atoms with E-state index in [1.54, 1.807) is 79.9 Å². The van der Waals surface area contributed by atoms with Gasteiger partial charge >= 0.3 is 0 Å². The van der Waals surface area contributed by atoms with Crippen molar-refractivity contribution in [2.45, 2.75) is 59.2 Å². The molecule has 3 heterocycles. The van der Waals surface area contributed by atoms with Gasteiger partial charge in [0.05, 0.1) is 62.0 Å². The third-order valence-corrected chi connectivity index (χ3v) is 21.3. The molecule has 0 radical (unpaired) electrons. The monoisotopic (exact) mass is 1520 g/mol. The minimum absolute atomic E-state index is 0. The van der Waals surface area contributed by atoms with E-state index in [9.17, 15) is 30.2 Å². The van der Waals surface area contributed by atoms with Crippen molar-refractivity contribution in [2.24, 2.45) is 0 Å². The summed E-state index contributed by atoms with van der Waals surface area (Å²) in [5.41, 5.74) is -6.20. The number of hydrogen-bond donors (Lipinski definition) is 0. The van der Waals surface area contributed by atoms with Gasteiger partial charge in [-0.05, 0) is 153 Å². The largest absolute Gasteiger partial charge is 0.510 e. The average Bonchev–Trinajstić information content (AvgIpc) is 0.939. The fourth-order valence-electron chi connectivity index (χ4n) is 12.3. The van der Waals surface area contributed by atoms with Crippen LogP contribution in [0.4, 0.5) is 0 Å². The molecule has 0 bridgehead atoms. The predicted octanol–water partition coefficient (Wildman–Crippen LogP) is 20.2. The van der Waals surface area contributed by atoms with Crippen LogP contribution in [0.3, 0.4) is 0 Å². The minimum Gasteiger partial charge on any atom is -0.510 e. The van der Waals surface area contributed by atoms with Crippen molar-refractivity contribution < 1.29 is 79.7 Å². The first-order valence-corrected chi connectivity index (χ1v) is 33.2. The van der Waals surface area contributed by atoms with Crippen molar-refractivity contribution in [3.8, 4) is 84.3 Å². The van der Waals surface area contributed by atoms with E-state index >= 15 is 0 Å². The second-order valence-corrected chi connectivity index (χ2v) is 28.8. The summed E-state index contributed by atoms with van der Waals surface area (Å²) in [6, 6.07) is 3.04. The fraction of sp³-hybridized carbons (Fsp3) is 0.0968. The number of para-hydroxylation sites is 1. The summed E-state index contributed by atoms with van der Waals surface area (Å²) >= 11 is 0. The maximum Gasteiger partial charge on any atom is 0.268 e. The molecule has 0 N–H and O–H groups in total. The molecule has 0 spiro atoms. The van der Waals surface area contributed by atoms with Gasteiger partial charge in [0.25, 0.3) is 6.33 Å². The van der Waals surface area contributed by atoms with Crippen LogP contribution >= 0.6 is 0 Å². The standard InChI is InChI=1S/C93H74N4OSi.Pt/c1-64-53-90(94-62-84(64)68-33-18-10-19-34-68)97-85-44-27-26-43-81(85)82-51-50-77(61-87(82)97)98-76-36-28-35-75(60-76)95-63-96(86-52-47-69(57-88(86)95)67-45-48-73(49-46-67)92(2,3)4)91-83(72-55-70(65-29-14-8-15-30-65)54-71(56-72)66-31-16-9-17-32-66)58-74(93(5,6)7)59-89(91)99(78-37-20-11-21-38-78,79-39-22-12-23-40-79)80-41-24-13-25-42-80;/h8-59,62H,1-7H3;/q-2;/i1D3,8D,9D,10D,11D,12D,13D,14D,15D,16D,17D,18D,19D,20D,21D,22D,23D,24D,25D,29D,30D,31D,32D,33D,34D,37D,38D,39D,40D,41D,42D,54D,55D,56D;. The quantitative estimate of drug-likeness (QED) is 0.0471. The van der Waals surface area contributed by atoms with E-state index in [-0.39, 0.29) is 77.2 Å². The summed E-state index contributed by atoms with van der Waals surface area (Å²) in [5.74, 6) is -0.122. The van der Waals surface area contributed by atoms with Gasteiger partial charge in [-0.1, -0.05) is 295 Å². The third-order valence-electron chi connectivity index (χ3n) is 17.1. The Morgan fingerprint density at radius 2 is 1.01 bits per heavy atom. The zero-order chi connectivity index (χ0) is 98.6. The van der Waals surface area contributed by atoms with Crippen molar-refractivity contribution in [2.75, 3.05) is 0 Å². The van der Waals surface area contributed by atoms with Crippen LogP contribution in [-0.2, 0) is 31.9 Å². The van der Waals surface area contributed by atoms with E-state index in [0.717, 1.165) is 11.8 Å². The van der Waals surface area contributed by atoms with Gasteiger partial charge in [0, 0.05) is 54.0 Å². The molecule has 13 aromatic carbocycles. The molecular formula is C93H74N4OPtSi-2. The van der Waals surface area contributed by atoms with Crippen molar-refractivity contribution in [1.29, 1.82) is 0 Å². The van der Waals surface area contributed by atoms with E-state index < -0.39 is 291 Å². The zero-order valence-electron chi connectivity index (χ0n) is 90.1. The van der Waals surface area contributed by atoms with E-state index in [1.807, 2.05) is 45.0 Å². The first-order chi connectivity index (χ1) is 63.2. The topological polar surface area (TPSA) is 35.9 Å². The van der Waals surface area contributed by atoms with Crippen LogP contribution in [0.25, 0.3) is 106 Å². The third kappa shape index (κ3) is 12.1. The van der Waals surface area contributed by atoms with Crippen LogP contribution in [-0.4, -0.2) is 22.2 Å². The maximum absolute atomic E-state index is 11.0. The number of nitrogens with zero attached hydrogens (tertiary/aromatic N) is 4. The molecule has 0 amide bonds. The van der Waals surface area contributed by atoms with Crippen LogP contribution in [0, 0.1) is 25.3 Å². The summed E-state index contributed by atoms with van der Waals surface area (Å²) in [6.45, 7) is 7.88. The molecule has 0 unspecified atom stereocenters. The molecule has 0 atom stereocenters. The molecule has 5 nitrogen and oxygen atoms in total. The zero-order valence-corrected chi connectivity index (χ0v) is 57.3. The average molecular weight is 1520 g/mol. The molecule has 16 rings (SSSR count). The summed E-state index contributed by atoms with van der Waals surface area (Å²) < 4.78 is 353. The van der Waals surface area contributed by atoms with Crippen LogP contribution in [0.2, 0.25) is 0 Å². The van der Waals surface area contributed by atoms with Gasteiger partial charge in [-0.25, -0.2) is 4.98 Å². The SMILES string of the molecule is [2H]c1c([2H])c([2H])c(-c2cnc(-n3c4[c-]c(Oc5[c-]c(-n6[c-][n+](-c7c(-c8c([2H])c(-c9c([2H])c([2H])c([2H])c([2H])c9[2H])c([2H])c(-c9c([2H])c([2H])c([2H])c([2H])c9[2H])c8[2H])cc(C(C)(C)C)cc7[Si](c7c([2H])c([2H])c([2H])c([2H])c7[2H])(c7c([2H])c([2H])c([2H])c([2H])c7[2H])c7c([2H])c([2H])c([2H])c([2H])c7[2H])c7ccc(-c8ccc(C(C)(C)C)cc8)cc76)ccc5)ccc4c4ccccc43)cc2C([2H])([2H])[2H])c([2H])c1[2H].[Pt]. The summed E-state index contributed by atoms with van der Waals surface area (Å²) in [7, 11) is -6.65. The van der Waals surface area contributed by atoms with Gasteiger partial charge in [0.2, 0.25) is 0 Å².